The van der Waals surface area contributed by atoms with Crippen molar-refractivity contribution in [3.05, 3.63) is 46.5 Å². The van der Waals surface area contributed by atoms with Crippen LogP contribution in [0.4, 0.5) is 0 Å². The lowest BCUT2D eigenvalue weighted by Crippen LogP contribution is -2.17. The quantitative estimate of drug-likeness (QED) is 0.689. The van der Waals surface area contributed by atoms with Crippen LogP contribution in [-0.4, -0.2) is 7.11 Å². The summed E-state index contributed by atoms with van der Waals surface area (Å²) in [4.78, 5) is 0. The third-order valence-electron chi connectivity index (χ3n) is 3.96. The molecule has 2 atom stereocenters. The van der Waals surface area contributed by atoms with Gasteiger partial charge in [-0.15, -0.1) is 0 Å². The minimum absolute atomic E-state index is 0.509. The highest BCUT2D eigenvalue weighted by Crippen LogP contribution is 2.42. The molecular weight excluding hydrogens is 312 g/mol. The Bertz CT molecular complexity index is 528. The number of para-hydroxylation sites is 1. The molecule has 0 spiro atoms. The molecule has 0 fully saturated rings. The topological polar surface area (TPSA) is 9.23 Å². The van der Waals surface area contributed by atoms with Gasteiger partial charge in [-0.3, -0.25) is 0 Å². The van der Waals surface area contributed by atoms with Gasteiger partial charge < -0.3 is 4.74 Å². The summed E-state index contributed by atoms with van der Waals surface area (Å²) >= 11 is 3.67. The standard InChI is InChI=1S/C18H23BrO/c1-12(2)9-14-10-15(19)11-17(13(14)3)16-7-5-6-8-18(16)20-4/h5-8,10-14H,9H2,1-4H3. The summed E-state index contributed by atoms with van der Waals surface area (Å²) in [5.74, 6) is 2.75. The van der Waals surface area contributed by atoms with Crippen LogP contribution in [0.5, 0.6) is 5.75 Å². The first kappa shape index (κ1) is 15.4. The molecule has 0 bridgehead atoms. The lowest BCUT2D eigenvalue weighted by atomic mass is 9.77. The fourth-order valence-corrected chi connectivity index (χ4v) is 3.52. The highest BCUT2D eigenvalue weighted by atomic mass is 79.9. The van der Waals surface area contributed by atoms with Gasteiger partial charge in [0.1, 0.15) is 5.75 Å². The van der Waals surface area contributed by atoms with E-state index in [-0.39, 0.29) is 0 Å². The van der Waals surface area contributed by atoms with Gasteiger partial charge in [-0.05, 0) is 41.9 Å². The Kier molecular flexibility index (Phi) is 5.09. The van der Waals surface area contributed by atoms with Gasteiger partial charge in [0.2, 0.25) is 0 Å². The predicted molar refractivity (Wildman–Crippen MR) is 90.1 cm³/mol. The van der Waals surface area contributed by atoms with Crippen LogP contribution in [0.15, 0.2) is 40.9 Å². The number of methoxy groups -OCH3 is 1. The van der Waals surface area contributed by atoms with Crippen molar-refractivity contribution in [1.29, 1.82) is 0 Å². The van der Waals surface area contributed by atoms with Gasteiger partial charge in [0.05, 0.1) is 7.11 Å². The maximum Gasteiger partial charge on any atom is 0.126 e. The number of hydrogen-bond acceptors (Lipinski definition) is 1. The van der Waals surface area contributed by atoms with E-state index in [1.165, 1.54) is 22.0 Å². The van der Waals surface area contributed by atoms with Gasteiger partial charge in [-0.2, -0.15) is 0 Å². The van der Waals surface area contributed by atoms with E-state index in [2.05, 4.69) is 61.0 Å². The van der Waals surface area contributed by atoms with E-state index in [0.29, 0.717) is 17.8 Å². The Labute approximate surface area is 130 Å². The SMILES string of the molecule is COc1ccccc1C1=CC(Br)=CC(CC(C)C)C1C. The fourth-order valence-electron chi connectivity index (χ4n) is 2.93. The van der Waals surface area contributed by atoms with Gasteiger partial charge in [-0.25, -0.2) is 0 Å². The number of hydrogen-bond donors (Lipinski definition) is 0. The van der Waals surface area contributed by atoms with Crippen LogP contribution in [0.2, 0.25) is 0 Å². The molecule has 2 heteroatoms. The van der Waals surface area contributed by atoms with E-state index in [1.807, 2.05) is 12.1 Å². The summed E-state index contributed by atoms with van der Waals surface area (Å²) in [5.41, 5.74) is 2.57. The highest BCUT2D eigenvalue weighted by Gasteiger charge is 2.26. The molecule has 108 valence electrons. The number of rotatable bonds is 4. The van der Waals surface area contributed by atoms with Crippen molar-refractivity contribution in [2.24, 2.45) is 17.8 Å². The Morgan fingerprint density at radius 3 is 2.60 bits per heavy atom. The fraction of sp³-hybridized carbons (Fsp3) is 0.444. The number of ether oxygens (including phenoxy) is 1. The first-order chi connectivity index (χ1) is 9.52. The second kappa shape index (κ2) is 6.62. The Morgan fingerprint density at radius 1 is 1.25 bits per heavy atom. The lowest BCUT2D eigenvalue weighted by molar-refractivity contribution is 0.402. The molecule has 0 saturated carbocycles. The minimum Gasteiger partial charge on any atom is -0.496 e. The molecule has 20 heavy (non-hydrogen) atoms. The molecule has 0 N–H and O–H groups in total. The van der Waals surface area contributed by atoms with Crippen LogP contribution >= 0.6 is 15.9 Å². The maximum absolute atomic E-state index is 5.52. The molecule has 0 heterocycles. The molecule has 0 aliphatic heterocycles. The smallest absolute Gasteiger partial charge is 0.126 e. The Hall–Kier alpha value is -1.02. The molecule has 1 aliphatic rings. The maximum atomic E-state index is 5.52. The van der Waals surface area contributed by atoms with E-state index in [4.69, 9.17) is 4.74 Å². The molecule has 1 aromatic carbocycles. The van der Waals surface area contributed by atoms with Crippen molar-refractivity contribution in [2.75, 3.05) is 7.11 Å². The van der Waals surface area contributed by atoms with Crippen LogP contribution in [-0.2, 0) is 0 Å². The van der Waals surface area contributed by atoms with Crippen LogP contribution in [0.3, 0.4) is 0 Å². The van der Waals surface area contributed by atoms with Crippen molar-refractivity contribution in [1.82, 2.24) is 0 Å². The summed E-state index contributed by atoms with van der Waals surface area (Å²) in [5, 5.41) is 0. The first-order valence-electron chi connectivity index (χ1n) is 7.25. The van der Waals surface area contributed by atoms with Gasteiger partial charge >= 0.3 is 0 Å². The summed E-state index contributed by atoms with van der Waals surface area (Å²) in [7, 11) is 1.74. The number of allylic oxidation sites excluding steroid dienone is 4. The monoisotopic (exact) mass is 334 g/mol. The molecule has 0 amide bonds. The summed E-state index contributed by atoms with van der Waals surface area (Å²) < 4.78 is 6.71. The van der Waals surface area contributed by atoms with Crippen LogP contribution < -0.4 is 4.74 Å². The Morgan fingerprint density at radius 2 is 1.95 bits per heavy atom. The molecule has 0 radical (unpaired) electrons. The summed E-state index contributed by atoms with van der Waals surface area (Å²) in [6.07, 6.45) is 5.80. The van der Waals surface area contributed by atoms with Crippen molar-refractivity contribution < 1.29 is 4.74 Å². The van der Waals surface area contributed by atoms with Crippen molar-refractivity contribution in [2.45, 2.75) is 27.2 Å². The van der Waals surface area contributed by atoms with Crippen molar-refractivity contribution in [3.8, 4) is 5.75 Å². The van der Waals surface area contributed by atoms with Gasteiger partial charge in [0.15, 0.2) is 0 Å². The van der Waals surface area contributed by atoms with Gasteiger partial charge in [-0.1, -0.05) is 61.0 Å². The van der Waals surface area contributed by atoms with E-state index in [1.54, 1.807) is 7.11 Å². The molecular formula is C18H23BrO. The molecule has 2 rings (SSSR count). The van der Waals surface area contributed by atoms with E-state index >= 15 is 0 Å². The zero-order valence-corrected chi connectivity index (χ0v) is 14.3. The van der Waals surface area contributed by atoms with Crippen LogP contribution in [0.25, 0.3) is 5.57 Å². The second-order valence-electron chi connectivity index (χ2n) is 5.93. The molecule has 0 aromatic heterocycles. The molecule has 0 saturated heterocycles. The van der Waals surface area contributed by atoms with Crippen molar-refractivity contribution >= 4 is 21.5 Å². The second-order valence-corrected chi connectivity index (χ2v) is 6.85. The molecule has 1 nitrogen and oxygen atoms in total. The van der Waals surface area contributed by atoms with E-state index in [9.17, 15) is 0 Å². The third kappa shape index (κ3) is 3.35. The summed E-state index contributed by atoms with van der Waals surface area (Å²) in [6.45, 7) is 6.90. The third-order valence-corrected chi connectivity index (χ3v) is 4.45. The van der Waals surface area contributed by atoms with Gasteiger partial charge in [0.25, 0.3) is 0 Å². The number of halogens is 1. The zero-order chi connectivity index (χ0) is 14.7. The summed E-state index contributed by atoms with van der Waals surface area (Å²) in [6, 6.07) is 8.29. The molecule has 1 aromatic rings. The molecule has 2 unspecified atom stereocenters. The van der Waals surface area contributed by atoms with E-state index in [0.717, 1.165) is 5.75 Å². The first-order valence-corrected chi connectivity index (χ1v) is 8.04. The van der Waals surface area contributed by atoms with Crippen molar-refractivity contribution in [3.63, 3.8) is 0 Å². The van der Waals surface area contributed by atoms with Crippen LogP contribution in [0.1, 0.15) is 32.8 Å². The molecule has 1 aliphatic carbocycles. The van der Waals surface area contributed by atoms with Gasteiger partial charge in [0, 0.05) is 10.0 Å². The van der Waals surface area contributed by atoms with Crippen LogP contribution in [0, 0.1) is 17.8 Å². The zero-order valence-electron chi connectivity index (χ0n) is 12.7. The van der Waals surface area contributed by atoms with E-state index < -0.39 is 0 Å². The minimum atomic E-state index is 0.509. The highest BCUT2D eigenvalue weighted by molar-refractivity contribution is 9.11. The largest absolute Gasteiger partial charge is 0.496 e. The number of benzene rings is 1. The average Bonchev–Trinajstić information content (AvgIpc) is 2.42. The predicted octanol–water partition coefficient (Wildman–Crippen LogP) is 5.67. The average molecular weight is 335 g/mol. The Balaban J connectivity index is 2.38. The lowest BCUT2D eigenvalue weighted by Gasteiger charge is -2.30. The normalized spacial score (nSPS) is 22.5.